The van der Waals surface area contributed by atoms with E-state index in [-0.39, 0.29) is 12.0 Å². The van der Waals surface area contributed by atoms with Crippen molar-refractivity contribution in [3.05, 3.63) is 0 Å². The molecule has 0 unspecified atom stereocenters. The van der Waals surface area contributed by atoms with E-state index in [0.29, 0.717) is 0 Å². The van der Waals surface area contributed by atoms with Crippen molar-refractivity contribution in [1.82, 2.24) is 0 Å². The lowest BCUT2D eigenvalue weighted by molar-refractivity contribution is 0.317. The Balaban J connectivity index is 2.69. The third-order valence-electron chi connectivity index (χ3n) is 1.80. The fourth-order valence-electron chi connectivity index (χ4n) is 1.06. The van der Waals surface area contributed by atoms with E-state index >= 15 is 0 Å². The number of methoxy groups -OCH3 is 1. The molecule has 0 amide bonds. The molecule has 0 aromatic heterocycles. The van der Waals surface area contributed by atoms with Crippen LogP contribution in [0.2, 0.25) is 0 Å². The lowest BCUT2D eigenvalue weighted by Crippen LogP contribution is -2.26. The summed E-state index contributed by atoms with van der Waals surface area (Å²) in [5.74, 6) is -0.0909. The van der Waals surface area contributed by atoms with Gasteiger partial charge in [0.1, 0.15) is 12.2 Å². The number of ether oxygens (including phenoxy) is 2. The van der Waals surface area contributed by atoms with Crippen LogP contribution in [0.1, 0.15) is 13.3 Å². The highest BCUT2D eigenvalue weighted by atomic mass is 16.6. The lowest BCUT2D eigenvalue weighted by Gasteiger charge is -2.02. The predicted molar refractivity (Wildman–Crippen MR) is 38.2 cm³/mol. The van der Waals surface area contributed by atoms with Gasteiger partial charge in [0.05, 0.1) is 7.11 Å². The van der Waals surface area contributed by atoms with Gasteiger partial charge in [0.15, 0.2) is 0 Å². The summed E-state index contributed by atoms with van der Waals surface area (Å²) in [7, 11) is 1.37. The zero-order valence-electron chi connectivity index (χ0n) is 6.55. The normalized spacial score (nSPS) is 34.1. The van der Waals surface area contributed by atoms with Gasteiger partial charge in [-0.3, -0.25) is 5.41 Å². The minimum Gasteiger partial charge on any atom is -0.482 e. The largest absolute Gasteiger partial charge is 0.482 e. The zero-order valence-corrected chi connectivity index (χ0v) is 6.55. The van der Waals surface area contributed by atoms with E-state index in [4.69, 9.17) is 15.4 Å². The second-order valence-corrected chi connectivity index (χ2v) is 2.40. The van der Waals surface area contributed by atoms with Crippen LogP contribution in [0.15, 0.2) is 0 Å². The Morgan fingerprint density at radius 3 is 2.82 bits per heavy atom. The first-order valence-corrected chi connectivity index (χ1v) is 3.43. The van der Waals surface area contributed by atoms with Crippen molar-refractivity contribution in [3.63, 3.8) is 0 Å². The van der Waals surface area contributed by atoms with Crippen LogP contribution in [0.25, 0.3) is 0 Å². The maximum atomic E-state index is 8.66. The second-order valence-electron chi connectivity index (χ2n) is 2.40. The molecular formula is C7H10N2O2. The number of nitrogens with one attached hydrogen (secondary N) is 1. The number of hydrogen-bond donors (Lipinski definition) is 1. The Labute approximate surface area is 65.2 Å². The number of nitriles is 1. The van der Waals surface area contributed by atoms with E-state index in [0.717, 1.165) is 6.42 Å². The summed E-state index contributed by atoms with van der Waals surface area (Å²) >= 11 is 0. The number of nitrogens with zero attached hydrogens (tertiary/aromatic N) is 1. The van der Waals surface area contributed by atoms with Gasteiger partial charge in [0.2, 0.25) is 5.90 Å². The minimum atomic E-state index is -1.07. The van der Waals surface area contributed by atoms with Gasteiger partial charge < -0.3 is 9.47 Å². The monoisotopic (exact) mass is 154 g/mol. The van der Waals surface area contributed by atoms with E-state index in [1.165, 1.54) is 7.11 Å². The van der Waals surface area contributed by atoms with Crippen LogP contribution in [0.5, 0.6) is 0 Å². The third-order valence-corrected chi connectivity index (χ3v) is 1.80. The van der Waals surface area contributed by atoms with Crippen LogP contribution in [-0.2, 0) is 9.47 Å². The first-order chi connectivity index (χ1) is 5.21. The number of hydrogen-bond acceptors (Lipinski definition) is 4. The van der Waals surface area contributed by atoms with Crippen molar-refractivity contribution in [1.29, 1.82) is 10.7 Å². The third kappa shape index (κ3) is 0.976. The van der Waals surface area contributed by atoms with E-state index in [2.05, 4.69) is 4.74 Å². The van der Waals surface area contributed by atoms with Crippen LogP contribution in [0, 0.1) is 16.7 Å². The molecule has 0 spiro atoms. The van der Waals surface area contributed by atoms with Crippen LogP contribution in [0.3, 0.4) is 0 Å². The Bertz CT molecular complexity index is 221. The summed E-state index contributed by atoms with van der Waals surface area (Å²) in [6.07, 6.45) is 0.583. The van der Waals surface area contributed by atoms with Gasteiger partial charge in [-0.1, -0.05) is 6.92 Å². The van der Waals surface area contributed by atoms with Gasteiger partial charge in [-0.25, -0.2) is 0 Å². The SMILES string of the molecule is CC[C@H]1O[C@]1(C#N)C(=N)OC. The highest BCUT2D eigenvalue weighted by molar-refractivity contribution is 5.89. The summed E-state index contributed by atoms with van der Waals surface area (Å²) in [6.45, 7) is 1.91. The molecule has 0 radical (unpaired) electrons. The van der Waals surface area contributed by atoms with Gasteiger partial charge in [-0.2, -0.15) is 5.26 Å². The van der Waals surface area contributed by atoms with Crippen LogP contribution >= 0.6 is 0 Å². The van der Waals surface area contributed by atoms with E-state index in [1.807, 2.05) is 13.0 Å². The topological polar surface area (TPSA) is 69.4 Å². The van der Waals surface area contributed by atoms with E-state index in [1.54, 1.807) is 0 Å². The molecule has 0 aromatic rings. The summed E-state index contributed by atoms with van der Waals surface area (Å²) in [4.78, 5) is 0. The van der Waals surface area contributed by atoms with Gasteiger partial charge in [0, 0.05) is 0 Å². The van der Waals surface area contributed by atoms with Crippen molar-refractivity contribution in [2.75, 3.05) is 7.11 Å². The number of epoxide rings is 1. The fraction of sp³-hybridized carbons (Fsp3) is 0.714. The summed E-state index contributed by atoms with van der Waals surface area (Å²) in [5.41, 5.74) is -1.07. The molecule has 1 saturated heterocycles. The van der Waals surface area contributed by atoms with Crippen molar-refractivity contribution < 1.29 is 9.47 Å². The second kappa shape index (κ2) is 2.51. The molecule has 0 bridgehead atoms. The standard InChI is InChI=1S/C7H10N2O2/c1-3-5-7(4-8,11-5)6(9)10-2/h5,9H,3H2,1-2H3/t5-,7+/m1/s1. The molecular weight excluding hydrogens is 144 g/mol. The van der Waals surface area contributed by atoms with Crippen molar-refractivity contribution in [3.8, 4) is 6.07 Å². The molecule has 1 N–H and O–H groups in total. The van der Waals surface area contributed by atoms with E-state index < -0.39 is 5.60 Å². The molecule has 1 heterocycles. The van der Waals surface area contributed by atoms with Crippen molar-refractivity contribution in [2.45, 2.75) is 25.0 Å². The van der Waals surface area contributed by atoms with Gasteiger partial charge in [-0.05, 0) is 6.42 Å². The summed E-state index contributed by atoms with van der Waals surface area (Å²) in [6, 6.07) is 1.93. The lowest BCUT2D eigenvalue weighted by atomic mass is 10.1. The average Bonchev–Trinajstić information content (AvgIpc) is 2.78. The zero-order chi connectivity index (χ0) is 8.48. The molecule has 0 aromatic carbocycles. The van der Waals surface area contributed by atoms with Crippen LogP contribution in [-0.4, -0.2) is 24.7 Å². The van der Waals surface area contributed by atoms with Crippen molar-refractivity contribution in [2.24, 2.45) is 0 Å². The molecule has 2 atom stereocenters. The smallest absolute Gasteiger partial charge is 0.256 e. The first kappa shape index (κ1) is 8.02. The molecule has 0 saturated carbocycles. The Kier molecular flexibility index (Phi) is 1.83. The molecule has 60 valence electrons. The highest BCUT2D eigenvalue weighted by Crippen LogP contribution is 2.39. The molecule has 11 heavy (non-hydrogen) atoms. The molecule has 1 aliphatic heterocycles. The van der Waals surface area contributed by atoms with Gasteiger partial charge >= 0.3 is 0 Å². The predicted octanol–water partition coefficient (Wildman–Crippen LogP) is 0.681. The van der Waals surface area contributed by atoms with E-state index in [9.17, 15) is 0 Å². The molecule has 1 rings (SSSR count). The van der Waals surface area contributed by atoms with Gasteiger partial charge in [-0.15, -0.1) is 0 Å². The molecule has 4 heteroatoms. The Morgan fingerprint density at radius 2 is 2.55 bits per heavy atom. The maximum absolute atomic E-state index is 8.66. The quantitative estimate of drug-likeness (QED) is 0.361. The molecule has 1 fully saturated rings. The fourth-order valence-corrected chi connectivity index (χ4v) is 1.06. The summed E-state index contributed by atoms with van der Waals surface area (Å²) < 4.78 is 9.68. The van der Waals surface area contributed by atoms with Crippen LogP contribution < -0.4 is 0 Å². The van der Waals surface area contributed by atoms with Crippen molar-refractivity contribution >= 4 is 5.90 Å². The number of rotatable bonds is 2. The molecule has 0 aliphatic carbocycles. The average molecular weight is 154 g/mol. The van der Waals surface area contributed by atoms with Crippen LogP contribution in [0.4, 0.5) is 0 Å². The van der Waals surface area contributed by atoms with Gasteiger partial charge in [0.25, 0.3) is 5.60 Å². The maximum Gasteiger partial charge on any atom is 0.256 e. The minimum absolute atomic E-state index is 0.0909. The first-order valence-electron chi connectivity index (χ1n) is 3.43. The Hall–Kier alpha value is -1.08. The molecule has 4 nitrogen and oxygen atoms in total. The summed E-state index contributed by atoms with van der Waals surface area (Å²) in [5, 5.41) is 15.9. The Morgan fingerprint density at radius 1 is 1.91 bits per heavy atom. The molecule has 1 aliphatic rings. The highest BCUT2D eigenvalue weighted by Gasteiger charge is 2.61.